The van der Waals surface area contributed by atoms with E-state index in [1.165, 1.54) is 11.8 Å². The summed E-state index contributed by atoms with van der Waals surface area (Å²) < 4.78 is 2.72. The van der Waals surface area contributed by atoms with E-state index in [-0.39, 0.29) is 5.84 Å². The van der Waals surface area contributed by atoms with Gasteiger partial charge in [-0.25, -0.2) is 0 Å². The summed E-state index contributed by atoms with van der Waals surface area (Å²) in [5, 5.41) is 17.1. The van der Waals surface area contributed by atoms with Gasteiger partial charge in [0.1, 0.15) is 5.03 Å². The van der Waals surface area contributed by atoms with Gasteiger partial charge in [0.25, 0.3) is 0 Å². The maximum Gasteiger partial charge on any atom is 0.174 e. The fraction of sp³-hybridized carbons (Fsp3) is 0.167. The molecule has 0 unspecified atom stereocenters. The molecule has 0 radical (unpaired) electrons. The van der Waals surface area contributed by atoms with Gasteiger partial charge in [-0.15, -0.1) is 0 Å². The Labute approximate surface area is 123 Å². The quantitative estimate of drug-likeness (QED) is 0.390. The van der Waals surface area contributed by atoms with Crippen molar-refractivity contribution in [2.75, 3.05) is 0 Å². The molecule has 19 heavy (non-hydrogen) atoms. The Bertz CT molecular complexity index is 639. The summed E-state index contributed by atoms with van der Waals surface area (Å²) in [4.78, 5) is 1.04. The van der Waals surface area contributed by atoms with Crippen LogP contribution in [-0.4, -0.2) is 20.8 Å². The van der Waals surface area contributed by atoms with Crippen LogP contribution in [0.5, 0.6) is 0 Å². The number of halogens is 1. The van der Waals surface area contributed by atoms with Crippen molar-refractivity contribution in [1.82, 2.24) is 9.78 Å². The Morgan fingerprint density at radius 3 is 2.79 bits per heavy atom. The van der Waals surface area contributed by atoms with Crippen LogP contribution in [0, 0.1) is 6.92 Å². The van der Waals surface area contributed by atoms with E-state index in [1.807, 2.05) is 38.2 Å². The third-order valence-corrected chi connectivity index (χ3v) is 4.77. The third-order valence-electron chi connectivity index (χ3n) is 2.58. The molecule has 0 bridgehead atoms. The fourth-order valence-electron chi connectivity index (χ4n) is 1.73. The standard InChI is InChI=1S/C12H13BrN4OS/c1-7-10(11(14)16-18)12(17(2)15-7)19-9-6-4-3-5-8(9)13/h3-6,18H,1-2H3,(H2,14,16). The van der Waals surface area contributed by atoms with Crippen LogP contribution in [-0.2, 0) is 7.05 Å². The second-order valence-corrected chi connectivity index (χ2v) is 5.79. The number of nitrogens with two attached hydrogens (primary N) is 1. The average molecular weight is 341 g/mol. The van der Waals surface area contributed by atoms with Gasteiger partial charge >= 0.3 is 0 Å². The normalized spacial score (nSPS) is 11.8. The van der Waals surface area contributed by atoms with Crippen molar-refractivity contribution in [2.45, 2.75) is 16.8 Å². The summed E-state index contributed by atoms with van der Waals surface area (Å²) in [6.07, 6.45) is 0. The lowest BCUT2D eigenvalue weighted by Gasteiger charge is -2.07. The van der Waals surface area contributed by atoms with Gasteiger partial charge in [0.15, 0.2) is 5.84 Å². The fourth-order valence-corrected chi connectivity index (χ4v) is 3.31. The van der Waals surface area contributed by atoms with E-state index in [9.17, 15) is 0 Å². The lowest BCUT2D eigenvalue weighted by Crippen LogP contribution is -2.14. The van der Waals surface area contributed by atoms with E-state index in [0.29, 0.717) is 5.56 Å². The van der Waals surface area contributed by atoms with E-state index in [2.05, 4.69) is 26.2 Å². The minimum absolute atomic E-state index is 0.0696. The first kappa shape index (κ1) is 14.0. The number of hydrogen-bond donors (Lipinski definition) is 2. The molecule has 7 heteroatoms. The van der Waals surface area contributed by atoms with Crippen LogP contribution in [0.3, 0.4) is 0 Å². The molecule has 2 aromatic rings. The Kier molecular flexibility index (Phi) is 4.16. The lowest BCUT2D eigenvalue weighted by atomic mass is 10.2. The molecule has 1 heterocycles. The molecule has 5 nitrogen and oxygen atoms in total. The van der Waals surface area contributed by atoms with Gasteiger partial charge in [0, 0.05) is 16.4 Å². The van der Waals surface area contributed by atoms with Crippen LogP contribution in [0.2, 0.25) is 0 Å². The first-order chi connectivity index (χ1) is 9.04. The molecule has 0 saturated heterocycles. The largest absolute Gasteiger partial charge is 0.409 e. The van der Waals surface area contributed by atoms with Gasteiger partial charge in [0.2, 0.25) is 0 Å². The second kappa shape index (κ2) is 5.66. The zero-order valence-electron chi connectivity index (χ0n) is 10.5. The van der Waals surface area contributed by atoms with Gasteiger partial charge in [-0.05, 0) is 35.0 Å². The molecule has 1 aromatic carbocycles. The Hall–Kier alpha value is -1.47. The molecule has 0 aliphatic heterocycles. The van der Waals surface area contributed by atoms with Gasteiger partial charge in [-0.2, -0.15) is 5.10 Å². The number of rotatable bonds is 3. The van der Waals surface area contributed by atoms with Gasteiger partial charge in [-0.3, -0.25) is 4.68 Å². The zero-order valence-corrected chi connectivity index (χ0v) is 12.9. The summed E-state index contributed by atoms with van der Waals surface area (Å²) in [6, 6.07) is 7.87. The SMILES string of the molecule is Cc1nn(C)c(Sc2ccccc2Br)c1C(N)=NO. The zero-order chi connectivity index (χ0) is 14.0. The molecule has 0 aliphatic rings. The number of amidine groups is 1. The van der Waals surface area contributed by atoms with Crippen LogP contribution in [0.1, 0.15) is 11.3 Å². The van der Waals surface area contributed by atoms with E-state index >= 15 is 0 Å². The molecular weight excluding hydrogens is 328 g/mol. The number of aryl methyl sites for hydroxylation is 2. The van der Waals surface area contributed by atoms with Crippen molar-refractivity contribution in [3.8, 4) is 0 Å². The number of hydrogen-bond acceptors (Lipinski definition) is 4. The molecule has 0 spiro atoms. The van der Waals surface area contributed by atoms with Crippen LogP contribution in [0.15, 0.2) is 43.8 Å². The van der Waals surface area contributed by atoms with Crippen LogP contribution >= 0.6 is 27.7 Å². The molecule has 0 atom stereocenters. The predicted octanol–water partition coefficient (Wildman–Crippen LogP) is 2.74. The van der Waals surface area contributed by atoms with E-state index < -0.39 is 0 Å². The minimum atomic E-state index is 0.0696. The summed E-state index contributed by atoms with van der Waals surface area (Å²) in [5.41, 5.74) is 7.11. The number of nitrogens with zero attached hydrogens (tertiary/aromatic N) is 3. The van der Waals surface area contributed by atoms with E-state index in [0.717, 1.165) is 20.1 Å². The van der Waals surface area contributed by atoms with Crippen LogP contribution in [0.4, 0.5) is 0 Å². The van der Waals surface area contributed by atoms with Gasteiger partial charge in [0.05, 0.1) is 11.3 Å². The molecule has 100 valence electrons. The highest BCUT2D eigenvalue weighted by molar-refractivity contribution is 9.10. The van der Waals surface area contributed by atoms with Crippen molar-refractivity contribution in [3.05, 3.63) is 40.0 Å². The van der Waals surface area contributed by atoms with Crippen molar-refractivity contribution < 1.29 is 5.21 Å². The number of oxime groups is 1. The lowest BCUT2D eigenvalue weighted by molar-refractivity contribution is 0.318. The molecule has 0 saturated carbocycles. The highest BCUT2D eigenvalue weighted by Gasteiger charge is 2.18. The molecule has 3 N–H and O–H groups in total. The van der Waals surface area contributed by atoms with Crippen LogP contribution in [0.25, 0.3) is 0 Å². The maximum absolute atomic E-state index is 8.87. The number of benzene rings is 1. The van der Waals surface area contributed by atoms with Crippen LogP contribution < -0.4 is 5.73 Å². The molecule has 0 amide bonds. The van der Waals surface area contributed by atoms with Crippen molar-refractivity contribution in [2.24, 2.45) is 17.9 Å². The van der Waals surface area contributed by atoms with Crippen molar-refractivity contribution in [3.63, 3.8) is 0 Å². The topological polar surface area (TPSA) is 76.4 Å². The molecule has 2 rings (SSSR count). The number of aromatic nitrogens is 2. The summed E-state index contributed by atoms with van der Waals surface area (Å²) in [5.74, 6) is 0.0696. The average Bonchev–Trinajstić information content (AvgIpc) is 2.66. The second-order valence-electron chi connectivity index (χ2n) is 3.91. The molecule has 1 aromatic heterocycles. The maximum atomic E-state index is 8.87. The van der Waals surface area contributed by atoms with Gasteiger partial charge < -0.3 is 10.9 Å². The van der Waals surface area contributed by atoms with Crippen molar-refractivity contribution in [1.29, 1.82) is 0 Å². The van der Waals surface area contributed by atoms with E-state index in [1.54, 1.807) is 4.68 Å². The Morgan fingerprint density at radius 2 is 2.16 bits per heavy atom. The predicted molar refractivity (Wildman–Crippen MR) is 78.7 cm³/mol. The third kappa shape index (κ3) is 2.76. The molecular formula is C12H13BrN4OS. The Morgan fingerprint density at radius 1 is 1.47 bits per heavy atom. The van der Waals surface area contributed by atoms with Crippen molar-refractivity contribution >= 4 is 33.5 Å². The summed E-state index contributed by atoms with van der Waals surface area (Å²) >= 11 is 5.02. The monoisotopic (exact) mass is 340 g/mol. The highest BCUT2D eigenvalue weighted by Crippen LogP contribution is 2.35. The van der Waals surface area contributed by atoms with Gasteiger partial charge in [-0.1, -0.05) is 29.1 Å². The first-order valence-electron chi connectivity index (χ1n) is 5.48. The highest BCUT2D eigenvalue weighted by atomic mass is 79.9. The summed E-state index contributed by atoms with van der Waals surface area (Å²) in [6.45, 7) is 1.83. The Balaban J connectivity index is 2.49. The first-order valence-corrected chi connectivity index (χ1v) is 7.09. The summed E-state index contributed by atoms with van der Waals surface area (Å²) in [7, 11) is 1.83. The minimum Gasteiger partial charge on any atom is -0.409 e. The smallest absolute Gasteiger partial charge is 0.174 e. The molecule has 0 fully saturated rings. The van der Waals surface area contributed by atoms with E-state index in [4.69, 9.17) is 10.9 Å². The molecule has 0 aliphatic carbocycles.